The molecule has 2 aromatic heterocycles. The van der Waals surface area contributed by atoms with E-state index in [4.69, 9.17) is 19.4 Å². The molecule has 7 aliphatic carbocycles. The van der Waals surface area contributed by atoms with Gasteiger partial charge in [0.25, 0.3) is 0 Å². The van der Waals surface area contributed by atoms with E-state index in [-0.39, 0.29) is 11.8 Å². The van der Waals surface area contributed by atoms with Crippen molar-refractivity contribution >= 4 is 16.7 Å². The van der Waals surface area contributed by atoms with Crippen LogP contribution in [0.4, 0.5) is 0 Å². The van der Waals surface area contributed by atoms with E-state index >= 15 is 0 Å². The first-order chi connectivity index (χ1) is 31.6. The predicted molar refractivity (Wildman–Crippen MR) is 260 cm³/mol. The minimum Gasteiger partial charge on any atom is -0.465 e. The van der Waals surface area contributed by atoms with E-state index in [2.05, 4.69) is 152 Å². The third-order valence-corrected chi connectivity index (χ3v) is 15.5. The van der Waals surface area contributed by atoms with Crippen LogP contribution in [-0.4, -0.2) is 25.9 Å². The van der Waals surface area contributed by atoms with Crippen LogP contribution in [0.3, 0.4) is 0 Å². The number of hydrogen-bond acceptors (Lipinski definition) is 5. The zero-order chi connectivity index (χ0) is 42.7. The highest BCUT2D eigenvalue weighted by Gasteiger charge is 2.52. The van der Waals surface area contributed by atoms with E-state index in [0.717, 1.165) is 100 Å². The maximum atomic E-state index is 7.18. The molecule has 1 aliphatic heterocycles. The summed E-state index contributed by atoms with van der Waals surface area (Å²) in [4.78, 5) is 18.9. The Kier molecular flexibility index (Phi) is 10.2. The average Bonchev–Trinajstić information content (AvgIpc) is 3.90. The normalized spacial score (nSPS) is 26.8. The van der Waals surface area contributed by atoms with Crippen molar-refractivity contribution in [3.8, 4) is 11.4 Å². The molecule has 8 aliphatic rings. The Balaban J connectivity index is 0.974. The number of furan rings is 1. The molecule has 0 bridgehead atoms. The van der Waals surface area contributed by atoms with Gasteiger partial charge in [-0.05, 0) is 133 Å². The second-order valence-corrected chi connectivity index (χ2v) is 19.5. The molecule has 0 N–H and O–H groups in total. The number of hydrogen-bond donors (Lipinski definition) is 0. The largest absolute Gasteiger partial charge is 0.465 e. The SMILES string of the molecule is CC1CC=CC=C1c1nc(C2=CC=CCC2)nc(-c2cc(C3=CC=CCC3c3ccccc3)ccc2C2CCc3c(oc4c3C3C5=CCCC=C5N(C5=CC=CCC5)C3C(C)C4)C2)n1. The molecule has 0 radical (unpaired) electrons. The number of likely N-dealkylation sites (tertiary alicyclic amines) is 1. The Hall–Kier alpha value is -6.07. The monoisotopic (exact) mass is 838 g/mol. The first-order valence-corrected chi connectivity index (χ1v) is 24.3. The highest BCUT2D eigenvalue weighted by molar-refractivity contribution is 5.79. The van der Waals surface area contributed by atoms with Gasteiger partial charge in [-0.1, -0.05) is 135 Å². The molecule has 5 heteroatoms. The molecule has 5 nitrogen and oxygen atoms in total. The van der Waals surface area contributed by atoms with Crippen LogP contribution < -0.4 is 0 Å². The summed E-state index contributed by atoms with van der Waals surface area (Å²) in [5, 5.41) is 0. The Labute approximate surface area is 378 Å². The van der Waals surface area contributed by atoms with Crippen molar-refractivity contribution < 1.29 is 4.42 Å². The number of allylic oxidation sites excluding steroid dienone is 19. The van der Waals surface area contributed by atoms with Gasteiger partial charge in [0.05, 0.1) is 0 Å². The molecular formula is C59H58N4O. The molecule has 6 atom stereocenters. The smallest absolute Gasteiger partial charge is 0.164 e. The van der Waals surface area contributed by atoms with E-state index in [1.165, 1.54) is 67.5 Å². The molecule has 6 unspecified atom stereocenters. The van der Waals surface area contributed by atoms with Crippen molar-refractivity contribution in [2.24, 2.45) is 11.8 Å². The van der Waals surface area contributed by atoms with Gasteiger partial charge in [0.15, 0.2) is 17.5 Å². The summed E-state index contributed by atoms with van der Waals surface area (Å²) < 4.78 is 7.18. The zero-order valence-electron chi connectivity index (χ0n) is 37.3. The third-order valence-electron chi connectivity index (χ3n) is 15.5. The van der Waals surface area contributed by atoms with Crippen molar-refractivity contribution in [3.05, 3.63) is 202 Å². The molecule has 0 amide bonds. The second kappa shape index (κ2) is 16.5. The van der Waals surface area contributed by atoms with Crippen LogP contribution in [0.2, 0.25) is 0 Å². The molecule has 320 valence electrons. The highest BCUT2D eigenvalue weighted by atomic mass is 16.3. The first-order valence-electron chi connectivity index (χ1n) is 24.3. The summed E-state index contributed by atoms with van der Waals surface area (Å²) in [6, 6.07) is 18.7. The van der Waals surface area contributed by atoms with Gasteiger partial charge >= 0.3 is 0 Å². The topological polar surface area (TPSA) is 55.1 Å². The fraction of sp³-hybridized carbons (Fsp3) is 0.339. The maximum absolute atomic E-state index is 7.18. The van der Waals surface area contributed by atoms with E-state index in [1.54, 1.807) is 5.57 Å². The van der Waals surface area contributed by atoms with Crippen LogP contribution in [0.5, 0.6) is 0 Å². The number of nitrogens with zero attached hydrogens (tertiary/aromatic N) is 4. The molecule has 0 saturated carbocycles. The Bertz CT molecular complexity index is 2850. The summed E-state index contributed by atoms with van der Waals surface area (Å²) in [5.74, 6) is 6.55. The summed E-state index contributed by atoms with van der Waals surface area (Å²) in [7, 11) is 0. The van der Waals surface area contributed by atoms with Gasteiger partial charge in [-0.2, -0.15) is 0 Å². The van der Waals surface area contributed by atoms with Gasteiger partial charge in [0, 0.05) is 58.8 Å². The Morgan fingerprint density at radius 3 is 2.27 bits per heavy atom. The van der Waals surface area contributed by atoms with E-state index < -0.39 is 0 Å². The van der Waals surface area contributed by atoms with Crippen molar-refractivity contribution in [2.75, 3.05) is 0 Å². The van der Waals surface area contributed by atoms with Crippen LogP contribution in [0.1, 0.15) is 140 Å². The third kappa shape index (κ3) is 6.85. The lowest BCUT2D eigenvalue weighted by Gasteiger charge is -2.39. The molecule has 3 heterocycles. The van der Waals surface area contributed by atoms with Gasteiger partial charge in [-0.3, -0.25) is 0 Å². The van der Waals surface area contributed by atoms with E-state index in [1.807, 2.05) is 0 Å². The molecule has 4 aromatic rings. The quantitative estimate of drug-likeness (QED) is 0.186. The maximum Gasteiger partial charge on any atom is 0.164 e. The van der Waals surface area contributed by atoms with Gasteiger partial charge in [-0.15, -0.1) is 0 Å². The number of rotatable bonds is 7. The minimum atomic E-state index is 0.266. The van der Waals surface area contributed by atoms with Crippen molar-refractivity contribution in [3.63, 3.8) is 0 Å². The number of fused-ring (bicyclic) bond motifs is 7. The van der Waals surface area contributed by atoms with Crippen molar-refractivity contribution in [2.45, 2.75) is 115 Å². The lowest BCUT2D eigenvalue weighted by atomic mass is 9.71. The predicted octanol–water partition coefficient (Wildman–Crippen LogP) is 14.0. The Morgan fingerprint density at radius 2 is 1.44 bits per heavy atom. The fourth-order valence-electron chi connectivity index (χ4n) is 12.4. The van der Waals surface area contributed by atoms with Gasteiger partial charge in [-0.25, -0.2) is 15.0 Å². The van der Waals surface area contributed by atoms with Crippen LogP contribution in [0, 0.1) is 11.8 Å². The Morgan fingerprint density at radius 1 is 0.656 bits per heavy atom. The van der Waals surface area contributed by atoms with Gasteiger partial charge < -0.3 is 9.32 Å². The molecule has 1 fully saturated rings. The molecule has 2 aromatic carbocycles. The summed E-state index contributed by atoms with van der Waals surface area (Å²) in [5.41, 5.74) is 16.2. The van der Waals surface area contributed by atoms with Crippen LogP contribution in [0.25, 0.3) is 28.1 Å². The lowest BCUT2D eigenvalue weighted by Crippen LogP contribution is -2.40. The lowest BCUT2D eigenvalue weighted by molar-refractivity contribution is 0.223. The fourth-order valence-corrected chi connectivity index (χ4v) is 12.4. The standard InChI is InChI=1S/C59H58N4O/c1-37-18-12-13-25-44(37)58-60-57(40-21-8-4-9-22-40)61-59(62-58)50-35-41(46-27-15-14-26-45(46)39-19-6-3-7-20-39)30-32-47(50)42-31-33-49-52(36-42)64-53-34-38(2)56-55(54(49)53)48-28-16-17-29-51(48)63(56)43-23-10-5-11-24-43/h3-8,10,12-15,19-21,23,25,27-30,32,35,37-38,42,45,55-56H,9,11,16-18,22,24,26,31,33-34,36H2,1-2H3. The minimum absolute atomic E-state index is 0.266. The second-order valence-electron chi connectivity index (χ2n) is 19.5. The van der Waals surface area contributed by atoms with Crippen LogP contribution >= 0.6 is 0 Å². The molecule has 1 saturated heterocycles. The molecule has 12 rings (SSSR count). The van der Waals surface area contributed by atoms with Gasteiger partial charge in [0.2, 0.25) is 0 Å². The first kappa shape index (κ1) is 39.5. The van der Waals surface area contributed by atoms with E-state index in [9.17, 15) is 0 Å². The average molecular weight is 839 g/mol. The van der Waals surface area contributed by atoms with Crippen molar-refractivity contribution in [1.29, 1.82) is 0 Å². The van der Waals surface area contributed by atoms with Crippen LogP contribution in [-0.2, 0) is 19.3 Å². The summed E-state index contributed by atoms with van der Waals surface area (Å²) in [6.45, 7) is 4.77. The number of benzene rings is 2. The van der Waals surface area contributed by atoms with Crippen molar-refractivity contribution in [1.82, 2.24) is 19.9 Å². The molecule has 0 spiro atoms. The molecule has 64 heavy (non-hydrogen) atoms. The van der Waals surface area contributed by atoms with E-state index in [0.29, 0.717) is 23.8 Å². The summed E-state index contributed by atoms with van der Waals surface area (Å²) in [6.07, 6.45) is 44.5. The zero-order valence-corrected chi connectivity index (χ0v) is 37.3. The van der Waals surface area contributed by atoms with Gasteiger partial charge in [0.1, 0.15) is 11.5 Å². The number of aromatic nitrogens is 3. The molecular weight excluding hydrogens is 781 g/mol. The van der Waals surface area contributed by atoms with Crippen LogP contribution in [0.15, 0.2) is 155 Å². The highest BCUT2D eigenvalue weighted by Crippen LogP contribution is 2.57. The summed E-state index contributed by atoms with van der Waals surface area (Å²) >= 11 is 0.